The number of rotatable bonds is 9. The fourth-order valence-corrected chi connectivity index (χ4v) is 4.72. The molecule has 0 radical (unpaired) electrons. The molecule has 182 valence electrons. The molecule has 8 heteroatoms. The Morgan fingerprint density at radius 2 is 1.64 bits per heavy atom. The molecule has 0 N–H and O–H groups in total. The first-order valence-corrected chi connectivity index (χ1v) is 12.8. The van der Waals surface area contributed by atoms with Gasteiger partial charge in [-0.1, -0.05) is 59.8 Å². The molecule has 5 rings (SSSR count). The summed E-state index contributed by atoms with van der Waals surface area (Å²) in [6, 6.07) is 26.3. The zero-order chi connectivity index (χ0) is 24.9. The molecule has 7 nitrogen and oxygen atoms in total. The molecular formula is C28H27N5O2S. The first-order chi connectivity index (χ1) is 17.6. The standard InChI is InChI=1S/C28H27N5O2S/c1-4-34-24-16-14-23(15-17-24)33-25(18-21-8-6-5-7-9-21)29-32-28(33)36-20(3)26-30-31-27(35-26)22-12-10-19(2)11-13-22/h5-17,20H,4,18H2,1-3H3. The van der Waals surface area contributed by atoms with Crippen LogP contribution in [0.1, 0.15) is 41.9 Å². The zero-order valence-corrected chi connectivity index (χ0v) is 21.3. The van der Waals surface area contributed by atoms with E-state index in [-0.39, 0.29) is 5.25 Å². The number of benzene rings is 3. The van der Waals surface area contributed by atoms with Gasteiger partial charge in [-0.15, -0.1) is 20.4 Å². The Morgan fingerprint density at radius 1 is 0.889 bits per heavy atom. The first-order valence-electron chi connectivity index (χ1n) is 11.9. The average Bonchev–Trinajstić information content (AvgIpc) is 3.54. The van der Waals surface area contributed by atoms with E-state index in [0.29, 0.717) is 24.8 Å². The molecule has 0 aliphatic rings. The second-order valence-corrected chi connectivity index (χ2v) is 9.70. The second-order valence-electron chi connectivity index (χ2n) is 8.40. The van der Waals surface area contributed by atoms with Crippen LogP contribution in [0.3, 0.4) is 0 Å². The van der Waals surface area contributed by atoms with Crippen LogP contribution in [0, 0.1) is 6.92 Å². The van der Waals surface area contributed by atoms with Crippen LogP contribution in [0.4, 0.5) is 0 Å². The van der Waals surface area contributed by atoms with E-state index in [0.717, 1.165) is 28.0 Å². The zero-order valence-electron chi connectivity index (χ0n) is 20.5. The summed E-state index contributed by atoms with van der Waals surface area (Å²) in [7, 11) is 0. The van der Waals surface area contributed by atoms with E-state index in [1.807, 2.05) is 87.5 Å². The third kappa shape index (κ3) is 5.33. The molecule has 1 unspecified atom stereocenters. The Labute approximate surface area is 214 Å². The highest BCUT2D eigenvalue weighted by Crippen LogP contribution is 2.36. The molecule has 0 saturated heterocycles. The Morgan fingerprint density at radius 3 is 2.36 bits per heavy atom. The summed E-state index contributed by atoms with van der Waals surface area (Å²) >= 11 is 1.54. The van der Waals surface area contributed by atoms with Crippen molar-refractivity contribution in [3.05, 3.63) is 102 Å². The normalized spacial score (nSPS) is 12.0. The molecule has 1 atom stereocenters. The fourth-order valence-electron chi connectivity index (χ4n) is 3.81. The van der Waals surface area contributed by atoms with Gasteiger partial charge in [-0.2, -0.15) is 0 Å². The smallest absolute Gasteiger partial charge is 0.247 e. The van der Waals surface area contributed by atoms with Crippen LogP contribution >= 0.6 is 11.8 Å². The lowest BCUT2D eigenvalue weighted by molar-refractivity contribution is 0.340. The van der Waals surface area contributed by atoms with E-state index in [2.05, 4.69) is 37.1 Å². The van der Waals surface area contributed by atoms with Crippen molar-refractivity contribution in [1.82, 2.24) is 25.0 Å². The van der Waals surface area contributed by atoms with E-state index < -0.39 is 0 Å². The van der Waals surface area contributed by atoms with Crippen molar-refractivity contribution >= 4 is 11.8 Å². The molecule has 0 bridgehead atoms. The van der Waals surface area contributed by atoms with Crippen LogP contribution in [0.5, 0.6) is 5.75 Å². The molecule has 36 heavy (non-hydrogen) atoms. The van der Waals surface area contributed by atoms with Gasteiger partial charge in [0.05, 0.1) is 11.9 Å². The van der Waals surface area contributed by atoms with Gasteiger partial charge in [0.1, 0.15) is 11.6 Å². The molecule has 5 aromatic rings. The van der Waals surface area contributed by atoms with Crippen molar-refractivity contribution in [2.45, 2.75) is 37.6 Å². The molecule has 0 aliphatic heterocycles. The summed E-state index contributed by atoms with van der Waals surface area (Å²) in [4.78, 5) is 0. The molecule has 0 fully saturated rings. The van der Waals surface area contributed by atoms with Crippen LogP contribution in [0.2, 0.25) is 0 Å². The van der Waals surface area contributed by atoms with Gasteiger partial charge in [0.25, 0.3) is 0 Å². The summed E-state index contributed by atoms with van der Waals surface area (Å²) in [5.41, 5.74) is 4.22. The summed E-state index contributed by atoms with van der Waals surface area (Å²) in [5, 5.41) is 18.3. The van der Waals surface area contributed by atoms with Crippen LogP contribution in [0.25, 0.3) is 17.1 Å². The molecular weight excluding hydrogens is 470 g/mol. The first kappa shape index (κ1) is 23.8. The number of thioether (sulfide) groups is 1. The molecule has 2 heterocycles. The summed E-state index contributed by atoms with van der Waals surface area (Å²) < 4.78 is 13.7. The highest BCUT2D eigenvalue weighted by atomic mass is 32.2. The Kier molecular flexibility index (Phi) is 7.13. The summed E-state index contributed by atoms with van der Waals surface area (Å²) in [6.45, 7) is 6.68. The van der Waals surface area contributed by atoms with Gasteiger partial charge >= 0.3 is 0 Å². The van der Waals surface area contributed by atoms with Crippen molar-refractivity contribution in [3.63, 3.8) is 0 Å². The van der Waals surface area contributed by atoms with Gasteiger partial charge in [-0.3, -0.25) is 4.57 Å². The van der Waals surface area contributed by atoms with Crippen LogP contribution in [0.15, 0.2) is 88.4 Å². The minimum absolute atomic E-state index is 0.119. The Hall–Kier alpha value is -3.91. The summed E-state index contributed by atoms with van der Waals surface area (Å²) in [6.07, 6.45) is 0.661. The number of hydrogen-bond acceptors (Lipinski definition) is 7. The van der Waals surface area contributed by atoms with Gasteiger partial charge in [0, 0.05) is 17.7 Å². The van der Waals surface area contributed by atoms with Crippen LogP contribution in [-0.2, 0) is 6.42 Å². The van der Waals surface area contributed by atoms with Gasteiger partial charge < -0.3 is 9.15 Å². The number of aryl methyl sites for hydroxylation is 1. The van der Waals surface area contributed by atoms with E-state index in [1.165, 1.54) is 22.9 Å². The van der Waals surface area contributed by atoms with Crippen LogP contribution in [-0.4, -0.2) is 31.6 Å². The lowest BCUT2D eigenvalue weighted by atomic mass is 10.1. The van der Waals surface area contributed by atoms with Gasteiger partial charge in [-0.25, -0.2) is 0 Å². The summed E-state index contributed by atoms with van der Waals surface area (Å²) in [5.74, 6) is 2.73. The topological polar surface area (TPSA) is 78.9 Å². The lowest BCUT2D eigenvalue weighted by Gasteiger charge is -2.13. The Bertz CT molecular complexity index is 1410. The monoisotopic (exact) mass is 497 g/mol. The molecule has 0 spiro atoms. The van der Waals surface area contributed by atoms with Crippen molar-refractivity contribution in [1.29, 1.82) is 0 Å². The molecule has 2 aromatic heterocycles. The average molecular weight is 498 g/mol. The maximum absolute atomic E-state index is 6.02. The van der Waals surface area contributed by atoms with Crippen molar-refractivity contribution in [3.8, 4) is 22.9 Å². The SMILES string of the molecule is CCOc1ccc(-n2c(Cc3ccccc3)nnc2SC(C)c2nnc(-c3ccc(C)cc3)o2)cc1. The predicted molar refractivity (Wildman–Crippen MR) is 141 cm³/mol. The van der Waals surface area contributed by atoms with Gasteiger partial charge in [0.2, 0.25) is 11.8 Å². The number of hydrogen-bond donors (Lipinski definition) is 0. The minimum Gasteiger partial charge on any atom is -0.494 e. The number of ether oxygens (including phenoxy) is 1. The molecule has 3 aromatic carbocycles. The largest absolute Gasteiger partial charge is 0.494 e. The highest BCUT2D eigenvalue weighted by molar-refractivity contribution is 7.99. The van der Waals surface area contributed by atoms with Crippen molar-refractivity contribution < 1.29 is 9.15 Å². The fraction of sp³-hybridized carbons (Fsp3) is 0.214. The van der Waals surface area contributed by atoms with Crippen molar-refractivity contribution in [2.75, 3.05) is 6.61 Å². The maximum atomic E-state index is 6.02. The quantitative estimate of drug-likeness (QED) is 0.216. The maximum Gasteiger partial charge on any atom is 0.247 e. The van der Waals surface area contributed by atoms with E-state index in [1.54, 1.807) is 0 Å². The minimum atomic E-state index is -0.119. The third-order valence-corrected chi connectivity index (χ3v) is 6.71. The number of aromatic nitrogens is 5. The number of nitrogens with zero attached hydrogens (tertiary/aromatic N) is 5. The molecule has 0 aliphatic carbocycles. The Balaban J connectivity index is 1.43. The van der Waals surface area contributed by atoms with Gasteiger partial charge in [0.15, 0.2) is 5.16 Å². The highest BCUT2D eigenvalue weighted by Gasteiger charge is 2.22. The van der Waals surface area contributed by atoms with Gasteiger partial charge in [-0.05, 0) is 62.7 Å². The van der Waals surface area contributed by atoms with E-state index in [4.69, 9.17) is 9.15 Å². The van der Waals surface area contributed by atoms with E-state index >= 15 is 0 Å². The molecule has 0 saturated carbocycles. The van der Waals surface area contributed by atoms with Crippen molar-refractivity contribution in [2.24, 2.45) is 0 Å². The second kappa shape index (κ2) is 10.8. The lowest BCUT2D eigenvalue weighted by Crippen LogP contribution is -2.05. The van der Waals surface area contributed by atoms with Crippen LogP contribution < -0.4 is 4.74 Å². The molecule has 0 amide bonds. The predicted octanol–water partition coefficient (Wildman–Crippen LogP) is 6.47. The van der Waals surface area contributed by atoms with E-state index in [9.17, 15) is 0 Å². The third-order valence-electron chi connectivity index (χ3n) is 5.68.